The van der Waals surface area contributed by atoms with Gasteiger partial charge in [0.05, 0.1) is 15.6 Å². The number of aryl methyl sites for hydroxylation is 1. The Morgan fingerprint density at radius 2 is 1.61 bits per heavy atom. The molecule has 11 heteroatoms. The van der Waals surface area contributed by atoms with Crippen molar-refractivity contribution in [2.24, 2.45) is 0 Å². The van der Waals surface area contributed by atoms with Gasteiger partial charge >= 0.3 is 0 Å². The molecular formula is C30H34Cl3N3O4S. The number of hydrogen-bond donors (Lipinski definition) is 1. The zero-order valence-electron chi connectivity index (χ0n) is 23.2. The van der Waals surface area contributed by atoms with Crippen LogP contribution in [0.3, 0.4) is 0 Å². The van der Waals surface area contributed by atoms with E-state index < -0.39 is 28.5 Å². The predicted octanol–water partition coefficient (Wildman–Crippen LogP) is 6.87. The molecule has 0 bridgehead atoms. The topological polar surface area (TPSA) is 86.8 Å². The lowest BCUT2D eigenvalue weighted by Gasteiger charge is -2.33. The molecule has 0 heterocycles. The van der Waals surface area contributed by atoms with Crippen LogP contribution in [0.1, 0.15) is 44.2 Å². The van der Waals surface area contributed by atoms with E-state index >= 15 is 0 Å². The Balaban J connectivity index is 2.07. The van der Waals surface area contributed by atoms with E-state index in [1.54, 1.807) is 55.5 Å². The highest BCUT2D eigenvalue weighted by atomic mass is 35.5. The minimum atomic E-state index is -4.22. The molecule has 41 heavy (non-hydrogen) atoms. The fraction of sp³-hybridized carbons (Fsp3) is 0.333. The van der Waals surface area contributed by atoms with E-state index in [1.807, 2.05) is 13.8 Å². The molecule has 0 unspecified atom stereocenters. The average molecular weight is 639 g/mol. The second kappa shape index (κ2) is 14.9. The number of rotatable bonds is 13. The summed E-state index contributed by atoms with van der Waals surface area (Å²) < 4.78 is 28.9. The first-order chi connectivity index (χ1) is 19.5. The normalized spacial score (nSPS) is 12.0. The van der Waals surface area contributed by atoms with Crippen molar-refractivity contribution in [3.63, 3.8) is 0 Å². The maximum Gasteiger partial charge on any atom is 0.264 e. The highest BCUT2D eigenvalue weighted by Gasteiger charge is 2.34. The summed E-state index contributed by atoms with van der Waals surface area (Å²) in [6.07, 6.45) is 1.98. The van der Waals surface area contributed by atoms with Crippen LogP contribution < -0.4 is 9.62 Å². The van der Waals surface area contributed by atoms with Gasteiger partial charge in [0.1, 0.15) is 12.6 Å². The first-order valence-electron chi connectivity index (χ1n) is 13.3. The molecule has 0 radical (unpaired) electrons. The molecule has 0 aromatic heterocycles. The summed E-state index contributed by atoms with van der Waals surface area (Å²) in [6, 6.07) is 16.8. The van der Waals surface area contributed by atoms with Crippen molar-refractivity contribution in [1.82, 2.24) is 10.2 Å². The number of anilines is 1. The van der Waals surface area contributed by atoms with Crippen molar-refractivity contribution in [2.45, 2.75) is 57.5 Å². The summed E-state index contributed by atoms with van der Waals surface area (Å²) in [5.74, 6) is -0.922. The number of nitrogens with zero attached hydrogens (tertiary/aromatic N) is 2. The van der Waals surface area contributed by atoms with E-state index in [0.29, 0.717) is 28.6 Å². The zero-order chi connectivity index (χ0) is 30.2. The number of para-hydroxylation sites is 1. The lowest BCUT2D eigenvalue weighted by atomic mass is 10.1. The van der Waals surface area contributed by atoms with Crippen LogP contribution in [-0.4, -0.2) is 44.3 Å². The molecule has 2 amide bonds. The molecule has 3 aromatic rings. The molecule has 7 nitrogen and oxygen atoms in total. The van der Waals surface area contributed by atoms with Crippen molar-refractivity contribution < 1.29 is 18.0 Å². The van der Waals surface area contributed by atoms with Crippen LogP contribution in [0.25, 0.3) is 0 Å². The predicted molar refractivity (Wildman–Crippen MR) is 166 cm³/mol. The van der Waals surface area contributed by atoms with Gasteiger partial charge in [-0.3, -0.25) is 13.9 Å². The van der Waals surface area contributed by atoms with Crippen molar-refractivity contribution in [1.29, 1.82) is 0 Å². The molecule has 0 saturated carbocycles. The van der Waals surface area contributed by atoms with E-state index in [-0.39, 0.29) is 28.1 Å². The van der Waals surface area contributed by atoms with Gasteiger partial charge in [-0.15, -0.1) is 0 Å². The Morgan fingerprint density at radius 3 is 2.22 bits per heavy atom. The molecule has 0 aliphatic carbocycles. The van der Waals surface area contributed by atoms with Gasteiger partial charge in [-0.2, -0.15) is 0 Å². The van der Waals surface area contributed by atoms with Crippen LogP contribution in [0.5, 0.6) is 0 Å². The van der Waals surface area contributed by atoms with E-state index in [1.165, 1.54) is 23.1 Å². The third-order valence-electron chi connectivity index (χ3n) is 6.58. The second-order valence-electron chi connectivity index (χ2n) is 9.60. The minimum absolute atomic E-state index is 0.00691. The third kappa shape index (κ3) is 8.38. The molecule has 0 aliphatic heterocycles. The number of sulfonamides is 1. The van der Waals surface area contributed by atoms with Gasteiger partial charge in [0, 0.05) is 23.1 Å². The van der Waals surface area contributed by atoms with Crippen LogP contribution in [0.15, 0.2) is 71.6 Å². The van der Waals surface area contributed by atoms with Crippen LogP contribution in [0.2, 0.25) is 15.1 Å². The first kappa shape index (κ1) is 32.7. The fourth-order valence-electron chi connectivity index (χ4n) is 4.26. The summed E-state index contributed by atoms with van der Waals surface area (Å²) >= 11 is 19.0. The molecule has 1 atom stereocenters. The van der Waals surface area contributed by atoms with Crippen LogP contribution in [-0.2, 0) is 26.2 Å². The number of halogens is 3. The second-order valence-corrected chi connectivity index (χ2v) is 12.7. The van der Waals surface area contributed by atoms with Crippen molar-refractivity contribution in [3.05, 3.63) is 92.9 Å². The molecule has 3 rings (SSSR count). The number of amides is 2. The Kier molecular flexibility index (Phi) is 11.9. The van der Waals surface area contributed by atoms with E-state index in [0.717, 1.165) is 22.7 Å². The van der Waals surface area contributed by atoms with Gasteiger partial charge in [-0.25, -0.2) is 8.42 Å². The number of nitrogens with one attached hydrogen (secondary N) is 1. The quantitative estimate of drug-likeness (QED) is 0.207. The minimum Gasteiger partial charge on any atom is -0.354 e. The monoisotopic (exact) mass is 637 g/mol. The van der Waals surface area contributed by atoms with Gasteiger partial charge in [0.15, 0.2) is 0 Å². The smallest absolute Gasteiger partial charge is 0.264 e. The summed E-state index contributed by atoms with van der Waals surface area (Å²) in [4.78, 5) is 28.8. The van der Waals surface area contributed by atoms with Crippen LogP contribution in [0.4, 0.5) is 5.69 Å². The highest BCUT2D eigenvalue weighted by Crippen LogP contribution is 2.31. The molecule has 1 N–H and O–H groups in total. The maximum atomic E-state index is 14.1. The SMILES string of the molecule is CCCCNC(=O)[C@H](CC)N(Cc1ccc(Cl)cc1Cl)C(=O)CN(c1ccccc1Cl)S(=O)(=O)c1ccc(C)cc1. The Bertz CT molecular complexity index is 1470. The number of hydrogen-bond acceptors (Lipinski definition) is 4. The van der Waals surface area contributed by atoms with Gasteiger partial charge < -0.3 is 10.2 Å². The standard InChI is InChI=1S/C30H34Cl3N3O4S/c1-4-6-17-34-30(38)27(5-2)35(19-22-13-14-23(31)18-26(22)33)29(37)20-36(28-10-8-7-9-25(28)32)41(39,40)24-15-11-21(3)12-16-24/h7-16,18,27H,4-6,17,19-20H2,1-3H3,(H,34,38)/t27-/m0/s1. The number of carbonyl (C=O) groups excluding carboxylic acids is 2. The largest absolute Gasteiger partial charge is 0.354 e. The lowest BCUT2D eigenvalue weighted by molar-refractivity contribution is -0.140. The van der Waals surface area contributed by atoms with Crippen LogP contribution >= 0.6 is 34.8 Å². The molecule has 220 valence electrons. The fourth-order valence-corrected chi connectivity index (χ4v) is 6.45. The third-order valence-corrected chi connectivity index (χ3v) is 9.26. The van der Waals surface area contributed by atoms with Crippen molar-refractivity contribution in [3.8, 4) is 0 Å². The molecular weight excluding hydrogens is 605 g/mol. The van der Waals surface area contributed by atoms with E-state index in [2.05, 4.69) is 5.32 Å². The first-order valence-corrected chi connectivity index (χ1v) is 15.9. The van der Waals surface area contributed by atoms with Gasteiger partial charge in [0.25, 0.3) is 10.0 Å². The summed E-state index contributed by atoms with van der Waals surface area (Å²) in [6.45, 7) is 5.49. The number of carbonyl (C=O) groups is 2. The number of unbranched alkanes of at least 4 members (excludes halogenated alkanes) is 1. The zero-order valence-corrected chi connectivity index (χ0v) is 26.3. The molecule has 3 aromatic carbocycles. The molecule has 0 spiro atoms. The lowest BCUT2D eigenvalue weighted by Crippen LogP contribution is -2.52. The summed E-state index contributed by atoms with van der Waals surface area (Å²) in [7, 11) is -4.22. The molecule has 0 aliphatic rings. The molecule has 0 fully saturated rings. The summed E-state index contributed by atoms with van der Waals surface area (Å²) in [5, 5.41) is 3.81. The van der Waals surface area contributed by atoms with Gasteiger partial charge in [-0.1, -0.05) is 91.0 Å². The van der Waals surface area contributed by atoms with E-state index in [4.69, 9.17) is 34.8 Å². The Morgan fingerprint density at radius 1 is 0.927 bits per heavy atom. The van der Waals surface area contributed by atoms with Gasteiger partial charge in [0.2, 0.25) is 11.8 Å². The van der Waals surface area contributed by atoms with Crippen molar-refractivity contribution >= 4 is 62.3 Å². The Labute approximate surface area is 257 Å². The summed E-state index contributed by atoms with van der Waals surface area (Å²) in [5.41, 5.74) is 1.60. The van der Waals surface area contributed by atoms with Crippen LogP contribution in [0, 0.1) is 6.92 Å². The highest BCUT2D eigenvalue weighted by molar-refractivity contribution is 7.92. The van der Waals surface area contributed by atoms with E-state index in [9.17, 15) is 18.0 Å². The average Bonchev–Trinajstić information content (AvgIpc) is 2.93. The Hall–Kier alpha value is -2.78. The van der Waals surface area contributed by atoms with Crippen molar-refractivity contribution in [2.75, 3.05) is 17.4 Å². The maximum absolute atomic E-state index is 14.1. The molecule has 0 saturated heterocycles. The van der Waals surface area contributed by atoms with Gasteiger partial charge in [-0.05, 0) is 61.7 Å². The number of benzene rings is 3.